The van der Waals surface area contributed by atoms with E-state index in [2.05, 4.69) is 4.40 Å². The monoisotopic (exact) mass is 237 g/mol. The maximum Gasteiger partial charge on any atom is 0.284 e. The first kappa shape index (κ1) is 10.5. The lowest BCUT2D eigenvalue weighted by Gasteiger charge is -1.95. The highest BCUT2D eigenvalue weighted by Crippen LogP contribution is 2.12. The van der Waals surface area contributed by atoms with Crippen LogP contribution in [0, 0.1) is 0 Å². The molecule has 13 heavy (non-hydrogen) atoms. The lowest BCUT2D eigenvalue weighted by atomic mass is 10.4. The number of hydrogen-bond donors (Lipinski definition) is 0. The van der Waals surface area contributed by atoms with Crippen molar-refractivity contribution < 1.29 is 8.42 Å². The molecule has 1 aromatic carbocycles. The zero-order valence-corrected chi connectivity index (χ0v) is 8.64. The summed E-state index contributed by atoms with van der Waals surface area (Å²) < 4.78 is 25.1. The molecular weight excluding hydrogens is 233 g/mol. The molecule has 1 aromatic rings. The third-order valence-electron chi connectivity index (χ3n) is 1.23. The Hall–Kier alpha value is -0.580. The first-order valence-electron chi connectivity index (χ1n) is 3.23. The smallest absolute Gasteiger partial charge is 0.199 e. The molecule has 70 valence electrons. The average Bonchev–Trinajstić information content (AvgIpc) is 2.04. The molecule has 0 saturated carbocycles. The highest BCUT2D eigenvalue weighted by molar-refractivity contribution is 7.90. The van der Waals surface area contributed by atoms with Crippen LogP contribution in [0.5, 0.6) is 0 Å². The summed E-state index contributed by atoms with van der Waals surface area (Å²) in [7, 11) is -3.74. The van der Waals surface area contributed by atoms with Gasteiger partial charge in [-0.3, -0.25) is 0 Å². The summed E-state index contributed by atoms with van der Waals surface area (Å²) in [5.41, 5.74) is 0. The van der Waals surface area contributed by atoms with Gasteiger partial charge in [-0.05, 0) is 35.3 Å². The lowest BCUT2D eigenvalue weighted by molar-refractivity contribution is 0.598. The number of hydrogen-bond acceptors (Lipinski definition) is 2. The van der Waals surface area contributed by atoms with Crippen LogP contribution >= 0.6 is 23.2 Å². The number of halogens is 2. The molecule has 0 amide bonds. The van der Waals surface area contributed by atoms with E-state index in [1.807, 2.05) is 0 Å². The molecule has 0 saturated heterocycles. The molecule has 0 N–H and O–H groups in total. The van der Waals surface area contributed by atoms with Gasteiger partial charge in [0.05, 0.1) is 4.90 Å². The van der Waals surface area contributed by atoms with E-state index in [1.165, 1.54) is 12.1 Å². The summed E-state index contributed by atoms with van der Waals surface area (Å²) >= 11 is 10.3. The van der Waals surface area contributed by atoms with Gasteiger partial charge in [-0.2, -0.15) is 8.42 Å². The fraction of sp³-hybridized carbons (Fsp3) is 0. The van der Waals surface area contributed by atoms with Crippen LogP contribution in [0.1, 0.15) is 0 Å². The van der Waals surface area contributed by atoms with Crippen LogP contribution in [0.3, 0.4) is 0 Å². The maximum atomic E-state index is 11.3. The second kappa shape index (κ2) is 4.09. The molecule has 0 aliphatic heterocycles. The van der Waals surface area contributed by atoms with Crippen molar-refractivity contribution in [3.05, 3.63) is 30.3 Å². The highest BCUT2D eigenvalue weighted by atomic mass is 35.5. The Morgan fingerprint density at radius 1 is 1.15 bits per heavy atom. The fourth-order valence-corrected chi connectivity index (χ4v) is 2.07. The van der Waals surface area contributed by atoms with E-state index in [-0.39, 0.29) is 4.90 Å². The van der Waals surface area contributed by atoms with Gasteiger partial charge in [0.2, 0.25) is 4.63 Å². The minimum Gasteiger partial charge on any atom is -0.199 e. The second-order valence-electron chi connectivity index (χ2n) is 2.12. The minimum absolute atomic E-state index is 0.0637. The molecule has 0 heterocycles. The molecule has 0 radical (unpaired) electrons. The zero-order chi connectivity index (χ0) is 9.90. The molecule has 0 spiro atoms. The summed E-state index contributed by atoms with van der Waals surface area (Å²) in [6, 6.07) is 7.70. The molecule has 0 fully saturated rings. The maximum absolute atomic E-state index is 11.3. The molecule has 0 aliphatic rings. The van der Waals surface area contributed by atoms with E-state index in [9.17, 15) is 8.42 Å². The van der Waals surface area contributed by atoms with Gasteiger partial charge in [0.25, 0.3) is 10.0 Å². The van der Waals surface area contributed by atoms with Crippen molar-refractivity contribution in [2.75, 3.05) is 0 Å². The summed E-state index contributed by atoms with van der Waals surface area (Å²) in [6.45, 7) is 0. The molecule has 0 bridgehead atoms. The lowest BCUT2D eigenvalue weighted by Crippen LogP contribution is -1.97. The molecule has 0 aliphatic carbocycles. The molecule has 0 atom stereocenters. The van der Waals surface area contributed by atoms with E-state index in [0.717, 1.165) is 0 Å². The van der Waals surface area contributed by atoms with Gasteiger partial charge in [-0.1, -0.05) is 18.2 Å². The Morgan fingerprint density at radius 3 is 2.15 bits per heavy atom. The largest absolute Gasteiger partial charge is 0.284 e. The number of nitrogens with zero attached hydrogens (tertiary/aromatic N) is 1. The van der Waals surface area contributed by atoms with Crippen LogP contribution in [0.15, 0.2) is 39.6 Å². The van der Waals surface area contributed by atoms with E-state index in [0.29, 0.717) is 0 Å². The summed E-state index contributed by atoms with van der Waals surface area (Å²) in [5.74, 6) is 0. The van der Waals surface area contributed by atoms with Crippen molar-refractivity contribution in [2.45, 2.75) is 4.90 Å². The summed E-state index contributed by atoms with van der Waals surface area (Å²) in [5, 5.41) is 0. The van der Waals surface area contributed by atoms with Crippen molar-refractivity contribution >= 4 is 37.9 Å². The van der Waals surface area contributed by atoms with E-state index >= 15 is 0 Å². The predicted molar refractivity (Wildman–Crippen MR) is 52.8 cm³/mol. The van der Waals surface area contributed by atoms with Gasteiger partial charge < -0.3 is 0 Å². The number of sulfonamides is 1. The third-order valence-corrected chi connectivity index (χ3v) is 2.89. The SMILES string of the molecule is O=S(=O)(N=C(Cl)Cl)c1ccccc1. The topological polar surface area (TPSA) is 46.5 Å². The first-order valence-corrected chi connectivity index (χ1v) is 5.43. The molecule has 0 unspecified atom stereocenters. The minimum atomic E-state index is -3.74. The Bertz CT molecular complexity index is 409. The quantitative estimate of drug-likeness (QED) is 0.741. The van der Waals surface area contributed by atoms with Crippen molar-refractivity contribution in [3.63, 3.8) is 0 Å². The zero-order valence-electron chi connectivity index (χ0n) is 6.31. The molecule has 1 rings (SSSR count). The van der Waals surface area contributed by atoms with Crippen molar-refractivity contribution in [2.24, 2.45) is 4.40 Å². The van der Waals surface area contributed by atoms with Gasteiger partial charge in [0.15, 0.2) is 0 Å². The van der Waals surface area contributed by atoms with Crippen molar-refractivity contribution in [3.8, 4) is 0 Å². The standard InChI is InChI=1S/C7H5Cl2NO2S/c8-7(9)10-13(11,12)6-4-2-1-3-5-6/h1-5H. The van der Waals surface area contributed by atoms with E-state index in [1.54, 1.807) is 18.2 Å². The second-order valence-corrected chi connectivity index (χ2v) is 4.63. The van der Waals surface area contributed by atoms with Gasteiger partial charge in [0, 0.05) is 0 Å². The summed E-state index contributed by atoms with van der Waals surface area (Å²) in [4.78, 5) is 0.0637. The van der Waals surface area contributed by atoms with Crippen LogP contribution in [0.25, 0.3) is 0 Å². The van der Waals surface area contributed by atoms with Crippen LogP contribution in [0.2, 0.25) is 0 Å². The van der Waals surface area contributed by atoms with Gasteiger partial charge in [-0.25, -0.2) is 0 Å². The third kappa shape index (κ3) is 2.99. The van der Waals surface area contributed by atoms with E-state index in [4.69, 9.17) is 23.2 Å². The van der Waals surface area contributed by atoms with Gasteiger partial charge in [-0.15, -0.1) is 4.40 Å². The molecular formula is C7H5Cl2NO2S. The molecule has 3 nitrogen and oxygen atoms in total. The van der Waals surface area contributed by atoms with Crippen LogP contribution < -0.4 is 0 Å². The average molecular weight is 238 g/mol. The molecule has 6 heteroatoms. The van der Waals surface area contributed by atoms with E-state index < -0.39 is 14.7 Å². The fourth-order valence-electron chi connectivity index (χ4n) is 0.736. The van der Waals surface area contributed by atoms with Crippen molar-refractivity contribution in [1.82, 2.24) is 0 Å². The van der Waals surface area contributed by atoms with Crippen LogP contribution in [0.4, 0.5) is 0 Å². The van der Waals surface area contributed by atoms with Gasteiger partial charge in [0.1, 0.15) is 0 Å². The molecule has 0 aromatic heterocycles. The Labute approximate surface area is 86.1 Å². The Morgan fingerprint density at radius 2 is 1.69 bits per heavy atom. The van der Waals surface area contributed by atoms with Gasteiger partial charge >= 0.3 is 0 Å². The normalized spacial score (nSPS) is 10.9. The number of benzene rings is 1. The predicted octanol–water partition coefficient (Wildman–Crippen LogP) is 2.21. The van der Waals surface area contributed by atoms with Crippen LogP contribution in [-0.4, -0.2) is 13.0 Å². The van der Waals surface area contributed by atoms with Crippen molar-refractivity contribution in [1.29, 1.82) is 0 Å². The van der Waals surface area contributed by atoms with Crippen LogP contribution in [-0.2, 0) is 10.0 Å². The number of rotatable bonds is 2. The first-order chi connectivity index (χ1) is 6.02. The Kier molecular flexibility index (Phi) is 3.30. The summed E-state index contributed by atoms with van der Waals surface area (Å²) in [6.07, 6.45) is 0. The Balaban J connectivity index is 3.18. The highest BCUT2D eigenvalue weighted by Gasteiger charge is 2.11.